The predicted octanol–water partition coefficient (Wildman–Crippen LogP) is 1.51. The molecule has 0 atom stereocenters. The Hall–Kier alpha value is -2.83. The Morgan fingerprint density at radius 1 is 1.12 bits per heavy atom. The Balaban J connectivity index is 1.64. The fourth-order valence-corrected chi connectivity index (χ4v) is 2.86. The zero-order chi connectivity index (χ0) is 16.7. The molecule has 3 N–H and O–H groups in total. The smallest absolute Gasteiger partial charge is 0.423 e. The van der Waals surface area contributed by atoms with Gasteiger partial charge < -0.3 is 20.0 Å². The van der Waals surface area contributed by atoms with E-state index in [-0.39, 0.29) is 5.78 Å². The standard InChI is InChI=1S/C18H15BN2O3/c20-15-4-1-12(2-5-15)18(22)13-7-8-21(10-13)16-6-3-14-11-24-19(23)17(14)9-16/h1-10,23H,11,20H2. The van der Waals surface area contributed by atoms with Crippen molar-refractivity contribution in [2.24, 2.45) is 0 Å². The molecule has 0 aliphatic carbocycles. The van der Waals surface area contributed by atoms with Gasteiger partial charge in [-0.25, -0.2) is 0 Å². The summed E-state index contributed by atoms with van der Waals surface area (Å²) in [5.41, 5.74) is 10.1. The number of carbonyl (C=O) groups is 1. The lowest BCUT2D eigenvalue weighted by Gasteiger charge is -2.06. The highest BCUT2D eigenvalue weighted by Gasteiger charge is 2.27. The third-order valence-electron chi connectivity index (χ3n) is 4.22. The maximum absolute atomic E-state index is 12.5. The lowest BCUT2D eigenvalue weighted by molar-refractivity contribution is 0.103. The van der Waals surface area contributed by atoms with Crippen molar-refractivity contribution in [1.82, 2.24) is 4.57 Å². The Labute approximate surface area is 139 Å². The lowest BCUT2D eigenvalue weighted by Crippen LogP contribution is -2.28. The van der Waals surface area contributed by atoms with Crippen LogP contribution < -0.4 is 11.2 Å². The number of carbonyl (C=O) groups excluding carboxylic acids is 1. The molecule has 3 aromatic rings. The number of nitrogens with two attached hydrogens (primary N) is 1. The predicted molar refractivity (Wildman–Crippen MR) is 92.5 cm³/mol. The molecule has 1 aliphatic heterocycles. The molecule has 0 unspecified atom stereocenters. The normalized spacial score (nSPS) is 13.1. The van der Waals surface area contributed by atoms with E-state index in [1.54, 1.807) is 36.5 Å². The van der Waals surface area contributed by atoms with Gasteiger partial charge in [0.2, 0.25) is 0 Å². The molecule has 24 heavy (non-hydrogen) atoms. The maximum atomic E-state index is 12.5. The molecule has 0 amide bonds. The number of benzene rings is 2. The number of aromatic nitrogens is 1. The van der Waals surface area contributed by atoms with Gasteiger partial charge in [0.1, 0.15) is 0 Å². The van der Waals surface area contributed by atoms with E-state index in [0.717, 1.165) is 16.7 Å². The summed E-state index contributed by atoms with van der Waals surface area (Å²) in [6, 6.07) is 14.4. The molecular formula is C18H15BN2O3. The van der Waals surface area contributed by atoms with Crippen LogP contribution in [0.25, 0.3) is 5.69 Å². The van der Waals surface area contributed by atoms with Crippen LogP contribution in [0, 0.1) is 0 Å². The summed E-state index contributed by atoms with van der Waals surface area (Å²) < 4.78 is 7.06. The summed E-state index contributed by atoms with van der Waals surface area (Å²) in [4.78, 5) is 12.5. The molecule has 1 aromatic heterocycles. The minimum atomic E-state index is -0.883. The van der Waals surface area contributed by atoms with Crippen molar-refractivity contribution in [1.29, 1.82) is 0 Å². The zero-order valence-electron chi connectivity index (χ0n) is 12.8. The van der Waals surface area contributed by atoms with Gasteiger partial charge in [-0.2, -0.15) is 0 Å². The molecular weight excluding hydrogens is 303 g/mol. The number of hydrogen-bond donors (Lipinski definition) is 2. The second kappa shape index (κ2) is 5.67. The molecule has 2 aromatic carbocycles. The van der Waals surface area contributed by atoms with Crippen LogP contribution in [0.1, 0.15) is 21.5 Å². The van der Waals surface area contributed by atoms with Gasteiger partial charge in [0.15, 0.2) is 5.78 Å². The summed E-state index contributed by atoms with van der Waals surface area (Å²) in [5.74, 6) is -0.0571. The van der Waals surface area contributed by atoms with E-state index < -0.39 is 7.12 Å². The van der Waals surface area contributed by atoms with E-state index in [2.05, 4.69) is 0 Å². The first kappa shape index (κ1) is 14.7. The van der Waals surface area contributed by atoms with Crippen molar-refractivity contribution in [2.45, 2.75) is 6.61 Å². The minimum Gasteiger partial charge on any atom is -0.423 e. The van der Waals surface area contributed by atoms with Gasteiger partial charge in [0.05, 0.1) is 6.61 Å². The largest absolute Gasteiger partial charge is 0.491 e. The molecule has 0 fully saturated rings. The second-order valence-electron chi connectivity index (χ2n) is 5.81. The Morgan fingerprint density at radius 3 is 2.71 bits per heavy atom. The molecule has 0 radical (unpaired) electrons. The minimum absolute atomic E-state index is 0.0571. The monoisotopic (exact) mass is 318 g/mol. The first-order chi connectivity index (χ1) is 11.6. The summed E-state index contributed by atoms with van der Waals surface area (Å²) >= 11 is 0. The SMILES string of the molecule is Nc1ccc(C(=O)c2ccn(-c3ccc4c(c3)B(O)OC4)c2)cc1. The third kappa shape index (κ3) is 2.52. The van der Waals surface area contributed by atoms with Crippen LogP contribution in [0.2, 0.25) is 0 Å². The van der Waals surface area contributed by atoms with E-state index in [9.17, 15) is 9.82 Å². The molecule has 0 bridgehead atoms. The van der Waals surface area contributed by atoms with Crippen molar-refractivity contribution in [2.75, 3.05) is 5.73 Å². The molecule has 0 saturated heterocycles. The summed E-state index contributed by atoms with van der Waals surface area (Å²) in [7, 11) is -0.883. The van der Waals surface area contributed by atoms with E-state index in [4.69, 9.17) is 10.4 Å². The van der Waals surface area contributed by atoms with E-state index in [1.165, 1.54) is 0 Å². The number of nitrogens with zero attached hydrogens (tertiary/aromatic N) is 1. The number of rotatable bonds is 3. The highest BCUT2D eigenvalue weighted by atomic mass is 16.5. The van der Waals surface area contributed by atoms with Gasteiger partial charge in [-0.3, -0.25) is 4.79 Å². The molecule has 0 saturated carbocycles. The highest BCUT2D eigenvalue weighted by Crippen LogP contribution is 2.18. The van der Waals surface area contributed by atoms with Gasteiger partial charge in [0.25, 0.3) is 0 Å². The molecule has 0 spiro atoms. The Morgan fingerprint density at radius 2 is 1.92 bits per heavy atom. The van der Waals surface area contributed by atoms with E-state index >= 15 is 0 Å². The average Bonchev–Trinajstić information content (AvgIpc) is 3.22. The zero-order valence-corrected chi connectivity index (χ0v) is 12.8. The molecule has 2 heterocycles. The van der Waals surface area contributed by atoms with Crippen LogP contribution in [0.4, 0.5) is 5.69 Å². The maximum Gasteiger partial charge on any atom is 0.491 e. The average molecular weight is 318 g/mol. The van der Waals surface area contributed by atoms with Gasteiger partial charge in [-0.05, 0) is 53.5 Å². The number of ketones is 1. The fourth-order valence-electron chi connectivity index (χ4n) is 2.86. The molecule has 5 nitrogen and oxygen atoms in total. The second-order valence-corrected chi connectivity index (χ2v) is 5.81. The van der Waals surface area contributed by atoms with Crippen LogP contribution in [-0.2, 0) is 11.3 Å². The Kier molecular flexibility index (Phi) is 3.48. The fraction of sp³-hybridized carbons (Fsp3) is 0.0556. The Bertz CT molecular complexity index is 918. The van der Waals surface area contributed by atoms with Crippen LogP contribution in [-0.4, -0.2) is 22.5 Å². The number of hydrogen-bond acceptors (Lipinski definition) is 4. The number of nitrogen functional groups attached to an aromatic ring is 1. The van der Waals surface area contributed by atoms with Crippen LogP contribution in [0.5, 0.6) is 0 Å². The third-order valence-corrected chi connectivity index (χ3v) is 4.22. The topological polar surface area (TPSA) is 77.5 Å². The lowest BCUT2D eigenvalue weighted by atomic mass is 9.79. The van der Waals surface area contributed by atoms with E-state index in [0.29, 0.717) is 23.4 Å². The van der Waals surface area contributed by atoms with Gasteiger partial charge in [-0.1, -0.05) is 6.07 Å². The first-order valence-electron chi connectivity index (χ1n) is 7.63. The van der Waals surface area contributed by atoms with Gasteiger partial charge in [-0.15, -0.1) is 0 Å². The van der Waals surface area contributed by atoms with Crippen LogP contribution >= 0.6 is 0 Å². The van der Waals surface area contributed by atoms with Crippen molar-refractivity contribution in [3.05, 3.63) is 77.6 Å². The molecule has 118 valence electrons. The van der Waals surface area contributed by atoms with Crippen LogP contribution in [0.3, 0.4) is 0 Å². The van der Waals surface area contributed by atoms with Crippen molar-refractivity contribution < 1.29 is 14.5 Å². The number of anilines is 1. The number of fused-ring (bicyclic) bond motifs is 1. The van der Waals surface area contributed by atoms with E-state index in [1.807, 2.05) is 29.0 Å². The molecule has 1 aliphatic rings. The van der Waals surface area contributed by atoms with Gasteiger partial charge in [0, 0.05) is 34.9 Å². The van der Waals surface area contributed by atoms with Crippen molar-refractivity contribution >= 4 is 24.1 Å². The summed E-state index contributed by atoms with van der Waals surface area (Å²) in [6.45, 7) is 0.420. The molecule has 6 heteroatoms. The quantitative estimate of drug-likeness (QED) is 0.436. The van der Waals surface area contributed by atoms with Gasteiger partial charge >= 0.3 is 7.12 Å². The first-order valence-corrected chi connectivity index (χ1v) is 7.63. The highest BCUT2D eigenvalue weighted by molar-refractivity contribution is 6.61. The van der Waals surface area contributed by atoms with Crippen molar-refractivity contribution in [3.8, 4) is 5.69 Å². The molecule has 4 rings (SSSR count). The van der Waals surface area contributed by atoms with Crippen molar-refractivity contribution in [3.63, 3.8) is 0 Å². The van der Waals surface area contributed by atoms with Crippen LogP contribution in [0.15, 0.2) is 60.9 Å². The summed E-state index contributed by atoms with van der Waals surface area (Å²) in [6.07, 6.45) is 3.61. The summed E-state index contributed by atoms with van der Waals surface area (Å²) in [5, 5.41) is 9.82.